The number of hydrogen-bond acceptors (Lipinski definition) is 4. The maximum absolute atomic E-state index is 11.4. The minimum atomic E-state index is -3.20. The van der Waals surface area contributed by atoms with Gasteiger partial charge in [-0.15, -0.1) is 0 Å². The van der Waals surface area contributed by atoms with Crippen LogP contribution in [0.25, 0.3) is 0 Å². The van der Waals surface area contributed by atoms with Crippen LogP contribution in [-0.2, 0) is 18.1 Å². The van der Waals surface area contributed by atoms with Crippen molar-refractivity contribution in [3.05, 3.63) is 0 Å². The zero-order chi connectivity index (χ0) is 10.1. The molecular weight excluding hydrogens is 191 g/mol. The van der Waals surface area contributed by atoms with E-state index >= 15 is 0 Å². The van der Waals surface area contributed by atoms with Gasteiger partial charge >= 0.3 is 7.82 Å². The van der Waals surface area contributed by atoms with Gasteiger partial charge in [0.25, 0.3) is 0 Å². The Morgan fingerprint density at radius 3 is 2.08 bits per heavy atom. The van der Waals surface area contributed by atoms with Crippen molar-refractivity contribution in [2.75, 3.05) is 20.3 Å². The lowest BCUT2D eigenvalue weighted by molar-refractivity contribution is 0.00635. The van der Waals surface area contributed by atoms with Crippen molar-refractivity contribution in [2.45, 2.75) is 20.8 Å². The Morgan fingerprint density at radius 1 is 1.31 bits per heavy atom. The molecule has 4 nitrogen and oxygen atoms in total. The van der Waals surface area contributed by atoms with E-state index in [1.54, 1.807) is 0 Å². The van der Waals surface area contributed by atoms with E-state index in [2.05, 4.69) is 25.3 Å². The number of phosphoric acid groups is 1. The first kappa shape index (κ1) is 11.2. The van der Waals surface area contributed by atoms with Crippen molar-refractivity contribution >= 4 is 7.82 Å². The van der Waals surface area contributed by atoms with Gasteiger partial charge in [0.1, 0.15) is 0 Å². The molecule has 0 unspecified atom stereocenters. The molecule has 0 spiro atoms. The van der Waals surface area contributed by atoms with Crippen LogP contribution >= 0.6 is 7.82 Å². The zero-order valence-corrected chi connectivity index (χ0v) is 9.47. The highest BCUT2D eigenvalue weighted by Crippen LogP contribution is 2.53. The number of phosphoric ester groups is 1. The van der Waals surface area contributed by atoms with E-state index in [-0.39, 0.29) is 11.3 Å². The summed E-state index contributed by atoms with van der Waals surface area (Å²) in [7, 11) is -1.87. The normalized spacial score (nSPS) is 36.2. The molecule has 5 heteroatoms. The Hall–Kier alpha value is 0.110. The zero-order valence-electron chi connectivity index (χ0n) is 8.57. The van der Waals surface area contributed by atoms with Crippen molar-refractivity contribution in [3.63, 3.8) is 0 Å². The summed E-state index contributed by atoms with van der Waals surface area (Å²) in [5.74, 6) is 0.268. The summed E-state index contributed by atoms with van der Waals surface area (Å²) >= 11 is 0. The molecule has 0 amide bonds. The first-order valence-corrected chi connectivity index (χ1v) is 5.78. The van der Waals surface area contributed by atoms with Crippen LogP contribution in [0.4, 0.5) is 0 Å². The van der Waals surface area contributed by atoms with Crippen LogP contribution in [0.2, 0.25) is 0 Å². The Balaban J connectivity index is 2.53. The minimum absolute atomic E-state index is 0.110. The fourth-order valence-electron chi connectivity index (χ4n) is 1.05. The molecule has 0 aromatic rings. The molecule has 0 aromatic carbocycles. The average Bonchev–Trinajstić information content (AvgIpc) is 2.04. The molecule has 1 aliphatic rings. The summed E-state index contributed by atoms with van der Waals surface area (Å²) in [5, 5.41) is 0. The van der Waals surface area contributed by atoms with Crippen LogP contribution in [0.3, 0.4) is 0 Å². The monoisotopic (exact) mass is 208 g/mol. The SMILES string of the molecule is COP1(=O)OCC(C(C)(C)C)CO1. The van der Waals surface area contributed by atoms with Gasteiger partial charge in [0.2, 0.25) is 0 Å². The predicted octanol–water partition coefficient (Wildman–Crippen LogP) is 2.45. The van der Waals surface area contributed by atoms with Crippen LogP contribution < -0.4 is 0 Å². The van der Waals surface area contributed by atoms with Crippen molar-refractivity contribution in [1.82, 2.24) is 0 Å². The fourth-order valence-corrected chi connectivity index (χ4v) is 2.06. The van der Waals surface area contributed by atoms with Gasteiger partial charge in [0.15, 0.2) is 0 Å². The quantitative estimate of drug-likeness (QED) is 0.621. The molecule has 0 saturated carbocycles. The molecule has 0 aliphatic carbocycles. The second-order valence-corrected chi connectivity index (χ2v) is 6.06. The molecule has 1 rings (SSSR count). The Morgan fingerprint density at radius 2 is 1.77 bits per heavy atom. The molecule has 1 aliphatic heterocycles. The van der Waals surface area contributed by atoms with E-state index in [0.29, 0.717) is 13.2 Å². The largest absolute Gasteiger partial charge is 0.474 e. The standard InChI is InChI=1S/C8H17O4P/c1-8(2,3)7-5-11-13(9,10-4)12-6-7/h7H,5-6H2,1-4H3. The lowest BCUT2D eigenvalue weighted by Crippen LogP contribution is -2.32. The Kier molecular flexibility index (Phi) is 3.18. The topological polar surface area (TPSA) is 44.8 Å². The highest BCUT2D eigenvalue weighted by atomic mass is 31.2. The number of hydrogen-bond donors (Lipinski definition) is 0. The Bertz CT molecular complexity index is 209. The van der Waals surface area contributed by atoms with Crippen LogP contribution in [0, 0.1) is 11.3 Å². The van der Waals surface area contributed by atoms with E-state index < -0.39 is 7.82 Å². The molecule has 1 heterocycles. The molecule has 78 valence electrons. The third-order valence-corrected chi connectivity index (χ3v) is 3.69. The van der Waals surface area contributed by atoms with Gasteiger partial charge in [-0.2, -0.15) is 0 Å². The van der Waals surface area contributed by atoms with E-state index in [9.17, 15) is 4.57 Å². The average molecular weight is 208 g/mol. The molecule has 1 fully saturated rings. The van der Waals surface area contributed by atoms with Gasteiger partial charge in [0.05, 0.1) is 13.2 Å². The molecule has 0 radical (unpaired) electrons. The van der Waals surface area contributed by atoms with Crippen molar-refractivity contribution in [2.24, 2.45) is 11.3 Å². The maximum Gasteiger partial charge on any atom is 0.474 e. The van der Waals surface area contributed by atoms with Gasteiger partial charge in [-0.05, 0) is 5.41 Å². The first-order valence-electron chi connectivity index (χ1n) is 4.32. The van der Waals surface area contributed by atoms with Crippen molar-refractivity contribution in [3.8, 4) is 0 Å². The third kappa shape index (κ3) is 2.78. The van der Waals surface area contributed by atoms with Crippen molar-refractivity contribution < 1.29 is 18.1 Å². The van der Waals surface area contributed by atoms with Gasteiger partial charge in [-0.1, -0.05) is 20.8 Å². The molecule has 0 aromatic heterocycles. The van der Waals surface area contributed by atoms with E-state index in [1.165, 1.54) is 7.11 Å². The van der Waals surface area contributed by atoms with Gasteiger partial charge in [0, 0.05) is 13.0 Å². The highest BCUT2D eigenvalue weighted by molar-refractivity contribution is 7.48. The molecule has 1 saturated heterocycles. The van der Waals surface area contributed by atoms with Crippen LogP contribution in [0.15, 0.2) is 0 Å². The maximum atomic E-state index is 11.4. The lowest BCUT2D eigenvalue weighted by Gasteiger charge is -2.35. The van der Waals surface area contributed by atoms with Gasteiger partial charge in [-0.3, -0.25) is 13.6 Å². The first-order chi connectivity index (χ1) is 5.87. The summed E-state index contributed by atoms with van der Waals surface area (Å²) in [4.78, 5) is 0. The summed E-state index contributed by atoms with van der Waals surface area (Å²) < 4.78 is 26.2. The Labute approximate surface area is 79.2 Å². The summed E-state index contributed by atoms with van der Waals surface area (Å²) in [5.41, 5.74) is 0.110. The summed E-state index contributed by atoms with van der Waals surface area (Å²) in [6, 6.07) is 0. The second kappa shape index (κ2) is 3.70. The molecule has 0 N–H and O–H groups in total. The second-order valence-electron chi connectivity index (χ2n) is 4.28. The molecule has 0 bridgehead atoms. The molecule has 13 heavy (non-hydrogen) atoms. The number of rotatable bonds is 1. The van der Waals surface area contributed by atoms with Crippen LogP contribution in [0.5, 0.6) is 0 Å². The van der Waals surface area contributed by atoms with Crippen LogP contribution in [-0.4, -0.2) is 20.3 Å². The highest BCUT2D eigenvalue weighted by Gasteiger charge is 2.37. The van der Waals surface area contributed by atoms with Crippen molar-refractivity contribution in [1.29, 1.82) is 0 Å². The van der Waals surface area contributed by atoms with E-state index in [4.69, 9.17) is 9.05 Å². The molecular formula is C8H17O4P. The lowest BCUT2D eigenvalue weighted by atomic mass is 9.82. The molecule has 0 atom stereocenters. The summed E-state index contributed by atoms with van der Waals surface area (Å²) in [6.07, 6.45) is 0. The fraction of sp³-hybridized carbons (Fsp3) is 1.00. The third-order valence-electron chi connectivity index (χ3n) is 2.32. The van der Waals surface area contributed by atoms with Gasteiger partial charge in [-0.25, -0.2) is 4.57 Å². The predicted molar refractivity (Wildman–Crippen MR) is 49.5 cm³/mol. The van der Waals surface area contributed by atoms with E-state index in [0.717, 1.165) is 0 Å². The van der Waals surface area contributed by atoms with E-state index in [1.807, 2.05) is 0 Å². The van der Waals surface area contributed by atoms with Gasteiger partial charge < -0.3 is 0 Å². The van der Waals surface area contributed by atoms with Crippen LogP contribution in [0.1, 0.15) is 20.8 Å². The summed E-state index contributed by atoms with van der Waals surface area (Å²) in [6.45, 7) is 7.19. The smallest absolute Gasteiger partial charge is 0.290 e. The minimum Gasteiger partial charge on any atom is -0.290 e.